The molecule has 2 atom stereocenters. The number of carbonyl (C=O) groups is 3. The van der Waals surface area contributed by atoms with Crippen molar-refractivity contribution < 1.29 is 28.2 Å². The predicted molar refractivity (Wildman–Crippen MR) is 107 cm³/mol. The highest BCUT2D eigenvalue weighted by atomic mass is 35.5. The van der Waals surface area contributed by atoms with Crippen LogP contribution in [0, 0.1) is 5.82 Å². The zero-order valence-electron chi connectivity index (χ0n) is 16.8. The third kappa shape index (κ3) is 3.79. The maximum absolute atomic E-state index is 13.6. The molecule has 1 N–H and O–H groups in total. The van der Waals surface area contributed by atoms with Gasteiger partial charge in [0.2, 0.25) is 0 Å². The smallest absolute Gasteiger partial charge is 0.337 e. The van der Waals surface area contributed by atoms with Crippen LogP contribution in [0.25, 0.3) is 0 Å². The van der Waals surface area contributed by atoms with Crippen LogP contribution in [0.2, 0.25) is 0 Å². The van der Waals surface area contributed by atoms with E-state index >= 15 is 0 Å². The van der Waals surface area contributed by atoms with Gasteiger partial charge in [-0.2, -0.15) is 0 Å². The summed E-state index contributed by atoms with van der Waals surface area (Å²) in [5, 5.41) is 2.79. The van der Waals surface area contributed by atoms with Crippen LogP contribution in [0.1, 0.15) is 25.3 Å². The predicted octanol–water partition coefficient (Wildman–Crippen LogP) is 2.23. The summed E-state index contributed by atoms with van der Waals surface area (Å²) in [5.41, 5.74) is 0.975. The Kier molecular flexibility index (Phi) is 6.45. The lowest BCUT2D eigenvalue weighted by Crippen LogP contribution is -2.54. The fourth-order valence-electron chi connectivity index (χ4n) is 3.83. The summed E-state index contributed by atoms with van der Waals surface area (Å²) >= 11 is 6.24. The van der Waals surface area contributed by atoms with Crippen LogP contribution in [0.5, 0.6) is 0 Å². The zero-order chi connectivity index (χ0) is 22.0. The highest BCUT2D eigenvalue weighted by Gasteiger charge is 2.46. The molecule has 0 bridgehead atoms. The van der Waals surface area contributed by atoms with E-state index in [1.807, 2.05) is 0 Å². The van der Waals surface area contributed by atoms with Crippen LogP contribution < -0.4 is 5.32 Å². The number of methoxy groups -OCH3 is 1. The van der Waals surface area contributed by atoms with Gasteiger partial charge in [0.25, 0.3) is 5.91 Å². The number of hydrogen-bond acceptors (Lipinski definition) is 6. The molecule has 2 unspecified atom stereocenters. The lowest BCUT2D eigenvalue weighted by Gasteiger charge is -2.42. The number of fused-ring (bicyclic) bond motifs is 1. The Morgan fingerprint density at radius 2 is 1.90 bits per heavy atom. The third-order valence-electron chi connectivity index (χ3n) is 5.02. The van der Waals surface area contributed by atoms with Gasteiger partial charge in [0.1, 0.15) is 11.5 Å². The molecule has 30 heavy (non-hydrogen) atoms. The lowest BCUT2D eigenvalue weighted by molar-refractivity contribution is -0.139. The molecule has 0 radical (unpaired) electrons. The minimum atomic E-state index is -1.00. The summed E-state index contributed by atoms with van der Waals surface area (Å²) in [6.45, 7) is 3.87. The largest absolute Gasteiger partial charge is 0.466 e. The van der Waals surface area contributed by atoms with E-state index in [0.717, 1.165) is 0 Å². The Bertz CT molecular complexity index is 941. The summed E-state index contributed by atoms with van der Waals surface area (Å²) < 4.78 is 23.8. The van der Waals surface area contributed by atoms with E-state index in [0.29, 0.717) is 17.8 Å². The molecule has 3 rings (SSSR count). The number of nitrogens with one attached hydrogen (secondary N) is 1. The van der Waals surface area contributed by atoms with E-state index in [1.54, 1.807) is 18.7 Å². The van der Waals surface area contributed by atoms with Gasteiger partial charge < -0.3 is 19.7 Å². The Hall–Kier alpha value is -2.87. The number of ether oxygens (including phenoxy) is 2. The van der Waals surface area contributed by atoms with E-state index in [4.69, 9.17) is 21.1 Å². The van der Waals surface area contributed by atoms with Gasteiger partial charge in [0.05, 0.1) is 36.7 Å². The Balaban J connectivity index is 2.34. The molecular formula is C21H22ClFN2O5. The van der Waals surface area contributed by atoms with Gasteiger partial charge in [-0.15, -0.1) is 11.6 Å². The lowest BCUT2D eigenvalue weighted by atomic mass is 9.78. The highest BCUT2D eigenvalue weighted by molar-refractivity contribution is 6.20. The minimum Gasteiger partial charge on any atom is -0.466 e. The van der Waals surface area contributed by atoms with E-state index in [1.165, 1.54) is 31.4 Å². The van der Waals surface area contributed by atoms with Gasteiger partial charge in [-0.05, 0) is 31.5 Å². The van der Waals surface area contributed by atoms with Gasteiger partial charge in [-0.25, -0.2) is 14.0 Å². The Labute approximate surface area is 178 Å². The second-order valence-corrected chi connectivity index (χ2v) is 7.21. The molecule has 1 amide bonds. The average Bonchev–Trinajstić information content (AvgIpc) is 2.72. The monoisotopic (exact) mass is 436 g/mol. The molecule has 2 heterocycles. The number of halogens is 2. The molecule has 0 aliphatic carbocycles. The van der Waals surface area contributed by atoms with Crippen molar-refractivity contribution in [1.29, 1.82) is 0 Å². The van der Waals surface area contributed by atoms with Crippen LogP contribution in [0.3, 0.4) is 0 Å². The number of nitrogens with zero attached hydrogens (tertiary/aromatic N) is 1. The molecule has 0 spiro atoms. The molecule has 0 aromatic heterocycles. The summed E-state index contributed by atoms with van der Waals surface area (Å²) in [4.78, 5) is 40.3. The van der Waals surface area contributed by atoms with Crippen molar-refractivity contribution in [2.75, 3.05) is 26.1 Å². The molecular weight excluding hydrogens is 415 g/mol. The molecule has 1 aromatic rings. The first-order valence-corrected chi connectivity index (χ1v) is 9.99. The van der Waals surface area contributed by atoms with Crippen molar-refractivity contribution >= 4 is 29.4 Å². The van der Waals surface area contributed by atoms with Crippen molar-refractivity contribution in [3.8, 4) is 0 Å². The van der Waals surface area contributed by atoms with Crippen LogP contribution in [0.15, 0.2) is 46.8 Å². The van der Waals surface area contributed by atoms with Gasteiger partial charge >= 0.3 is 11.9 Å². The Morgan fingerprint density at radius 3 is 2.47 bits per heavy atom. The highest BCUT2D eigenvalue weighted by Crippen LogP contribution is 2.44. The number of esters is 2. The van der Waals surface area contributed by atoms with E-state index in [2.05, 4.69) is 5.32 Å². The van der Waals surface area contributed by atoms with Crippen LogP contribution in [-0.2, 0) is 23.9 Å². The Morgan fingerprint density at radius 1 is 1.23 bits per heavy atom. The molecule has 1 fully saturated rings. The van der Waals surface area contributed by atoms with Crippen molar-refractivity contribution in [3.63, 3.8) is 0 Å². The first-order valence-electron chi connectivity index (χ1n) is 9.46. The quantitative estimate of drug-likeness (QED) is 0.563. The van der Waals surface area contributed by atoms with Gasteiger partial charge in [0.15, 0.2) is 0 Å². The van der Waals surface area contributed by atoms with E-state index in [9.17, 15) is 18.8 Å². The van der Waals surface area contributed by atoms with Crippen molar-refractivity contribution in [2.24, 2.45) is 0 Å². The number of amides is 1. The number of piperazine rings is 1. The zero-order valence-corrected chi connectivity index (χ0v) is 17.6. The maximum Gasteiger partial charge on any atom is 0.337 e. The first kappa shape index (κ1) is 21.8. The number of allylic oxidation sites excluding steroid dienone is 1. The summed E-state index contributed by atoms with van der Waals surface area (Å²) in [5.74, 6) is -3.50. The summed E-state index contributed by atoms with van der Waals surface area (Å²) in [6.07, 6.45) is 0. The van der Waals surface area contributed by atoms with Crippen molar-refractivity contribution in [2.45, 2.75) is 25.8 Å². The number of alkyl halides is 1. The second-order valence-electron chi connectivity index (χ2n) is 6.94. The fourth-order valence-corrected chi connectivity index (χ4v) is 4.12. The molecule has 2 aliphatic rings. The molecule has 1 saturated heterocycles. The van der Waals surface area contributed by atoms with Gasteiger partial charge in [-0.3, -0.25) is 4.79 Å². The average molecular weight is 437 g/mol. The summed E-state index contributed by atoms with van der Waals surface area (Å²) in [6, 6.07) is 5.09. The number of carbonyl (C=O) groups excluding carboxylic acids is 3. The normalized spacial score (nSPS) is 21.2. The minimum absolute atomic E-state index is 0.0228. The van der Waals surface area contributed by atoms with Gasteiger partial charge in [0, 0.05) is 18.3 Å². The van der Waals surface area contributed by atoms with Crippen molar-refractivity contribution in [3.05, 3.63) is 58.2 Å². The molecule has 9 heteroatoms. The SMILES string of the molecule is CCOC(=O)C1=C(CCl)N2CC(C)NC(=O)C2=C(C(=O)OC)C1c1ccc(F)cc1. The topological polar surface area (TPSA) is 84.9 Å². The maximum atomic E-state index is 13.6. The van der Waals surface area contributed by atoms with E-state index in [-0.39, 0.29) is 35.4 Å². The van der Waals surface area contributed by atoms with Crippen LogP contribution in [-0.4, -0.2) is 54.9 Å². The molecule has 2 aliphatic heterocycles. The number of benzene rings is 1. The van der Waals surface area contributed by atoms with E-state index < -0.39 is 29.6 Å². The summed E-state index contributed by atoms with van der Waals surface area (Å²) in [7, 11) is 1.19. The fraction of sp³-hybridized carbons (Fsp3) is 0.381. The van der Waals surface area contributed by atoms with Crippen LogP contribution in [0.4, 0.5) is 4.39 Å². The van der Waals surface area contributed by atoms with Crippen molar-refractivity contribution in [1.82, 2.24) is 10.2 Å². The number of hydrogen-bond donors (Lipinski definition) is 1. The number of rotatable bonds is 5. The van der Waals surface area contributed by atoms with Gasteiger partial charge in [-0.1, -0.05) is 12.1 Å². The molecule has 0 saturated carbocycles. The van der Waals surface area contributed by atoms with Crippen LogP contribution >= 0.6 is 11.6 Å². The standard InChI is InChI=1S/C21H22ClFN2O5/c1-4-30-21(28)16-14(9-22)25-10-11(2)24-19(26)18(25)17(20(27)29-3)15(16)12-5-7-13(23)8-6-12/h5-8,11,15H,4,9-10H2,1-3H3,(H,24,26). The molecule has 160 valence electrons. The first-order chi connectivity index (χ1) is 14.3. The third-order valence-corrected chi connectivity index (χ3v) is 5.27. The molecule has 7 nitrogen and oxygen atoms in total. The molecule has 1 aromatic carbocycles. The second kappa shape index (κ2) is 8.87.